The van der Waals surface area contributed by atoms with Gasteiger partial charge in [0.25, 0.3) is 0 Å². The van der Waals surface area contributed by atoms with Gasteiger partial charge in [0, 0.05) is 0 Å². The second-order valence-corrected chi connectivity index (χ2v) is 4.76. The van der Waals surface area contributed by atoms with E-state index in [4.69, 9.17) is 5.73 Å². The molecule has 0 bridgehead atoms. The maximum absolute atomic E-state index is 5.50. The van der Waals surface area contributed by atoms with Crippen LogP contribution in [0.1, 0.15) is 36.5 Å². The summed E-state index contributed by atoms with van der Waals surface area (Å²) in [6.45, 7) is 2.95. The molecule has 2 N–H and O–H groups in total. The average molecular weight is 215 g/mol. The van der Waals surface area contributed by atoms with Crippen molar-refractivity contribution in [3.8, 4) is 0 Å². The molecule has 0 radical (unpaired) electrons. The number of hydrogen-bond acceptors (Lipinski definition) is 1. The van der Waals surface area contributed by atoms with Crippen LogP contribution in [0.3, 0.4) is 0 Å². The molecule has 2 rings (SSSR count). The van der Waals surface area contributed by atoms with Gasteiger partial charge in [0.1, 0.15) is 0 Å². The number of fused-ring (bicyclic) bond motifs is 1. The van der Waals surface area contributed by atoms with E-state index < -0.39 is 0 Å². The smallest absolute Gasteiger partial charge is 0.00425 e. The fourth-order valence-electron chi connectivity index (χ4n) is 2.46. The van der Waals surface area contributed by atoms with Gasteiger partial charge in [-0.3, -0.25) is 0 Å². The summed E-state index contributed by atoms with van der Waals surface area (Å²) in [5.41, 5.74) is 11.5. The number of benzene rings is 1. The van der Waals surface area contributed by atoms with Crippen LogP contribution in [-0.4, -0.2) is 6.54 Å². The van der Waals surface area contributed by atoms with E-state index in [1.807, 2.05) is 0 Å². The van der Waals surface area contributed by atoms with Gasteiger partial charge in [-0.1, -0.05) is 29.8 Å². The summed E-state index contributed by atoms with van der Waals surface area (Å²) in [6.07, 6.45) is 8.21. The van der Waals surface area contributed by atoms with Crippen LogP contribution in [0.5, 0.6) is 0 Å². The van der Waals surface area contributed by atoms with Crippen molar-refractivity contribution >= 4 is 0 Å². The van der Waals surface area contributed by atoms with Crippen molar-refractivity contribution in [2.24, 2.45) is 5.73 Å². The van der Waals surface area contributed by atoms with Gasteiger partial charge in [-0.15, -0.1) is 0 Å². The van der Waals surface area contributed by atoms with Crippen molar-refractivity contribution in [3.05, 3.63) is 46.5 Å². The number of aryl methyl sites for hydroxylation is 2. The molecule has 0 saturated heterocycles. The molecule has 16 heavy (non-hydrogen) atoms. The van der Waals surface area contributed by atoms with Crippen molar-refractivity contribution in [2.45, 2.75) is 39.0 Å². The van der Waals surface area contributed by atoms with Crippen LogP contribution in [0.25, 0.3) is 0 Å². The Morgan fingerprint density at radius 3 is 2.94 bits per heavy atom. The van der Waals surface area contributed by atoms with Gasteiger partial charge in [-0.05, 0) is 62.3 Å². The molecule has 1 aliphatic rings. The van der Waals surface area contributed by atoms with E-state index in [2.05, 4.69) is 31.2 Å². The highest BCUT2D eigenvalue weighted by molar-refractivity contribution is 5.36. The average Bonchev–Trinajstić information content (AvgIpc) is 2.73. The predicted octanol–water partition coefficient (Wildman–Crippen LogP) is 3.01. The molecule has 86 valence electrons. The third-order valence-electron chi connectivity index (χ3n) is 3.31. The van der Waals surface area contributed by atoms with Crippen LogP contribution in [0.15, 0.2) is 29.8 Å². The molecule has 0 aliphatic heterocycles. The molecular formula is C15H21N. The van der Waals surface area contributed by atoms with E-state index in [-0.39, 0.29) is 0 Å². The van der Waals surface area contributed by atoms with Gasteiger partial charge in [0.2, 0.25) is 0 Å². The van der Waals surface area contributed by atoms with Gasteiger partial charge >= 0.3 is 0 Å². The molecule has 0 aromatic heterocycles. The normalized spacial score (nSPS) is 15.2. The summed E-state index contributed by atoms with van der Waals surface area (Å²) in [4.78, 5) is 0. The summed E-state index contributed by atoms with van der Waals surface area (Å²) in [6, 6.07) is 6.99. The largest absolute Gasteiger partial charge is 0.330 e. The molecule has 1 aromatic carbocycles. The first kappa shape index (κ1) is 11.4. The van der Waals surface area contributed by atoms with Crippen molar-refractivity contribution in [1.29, 1.82) is 0 Å². The van der Waals surface area contributed by atoms with Crippen LogP contribution in [-0.2, 0) is 19.3 Å². The minimum atomic E-state index is 0.752. The lowest BCUT2D eigenvalue weighted by atomic mass is 10.0. The zero-order valence-corrected chi connectivity index (χ0v) is 10.1. The van der Waals surface area contributed by atoms with Gasteiger partial charge in [0.15, 0.2) is 0 Å². The van der Waals surface area contributed by atoms with E-state index in [0.717, 1.165) is 19.4 Å². The topological polar surface area (TPSA) is 26.0 Å². The maximum Gasteiger partial charge on any atom is -0.00425 e. The Balaban J connectivity index is 2.05. The lowest BCUT2D eigenvalue weighted by Gasteiger charge is -2.05. The van der Waals surface area contributed by atoms with Crippen LogP contribution in [0.4, 0.5) is 0 Å². The number of hydrogen-bond donors (Lipinski definition) is 1. The molecule has 1 nitrogen and oxygen atoms in total. The van der Waals surface area contributed by atoms with Crippen molar-refractivity contribution in [3.63, 3.8) is 0 Å². The van der Waals surface area contributed by atoms with Crippen LogP contribution in [0.2, 0.25) is 0 Å². The predicted molar refractivity (Wildman–Crippen MR) is 69.6 cm³/mol. The van der Waals surface area contributed by atoms with E-state index in [1.54, 1.807) is 11.1 Å². The third-order valence-corrected chi connectivity index (χ3v) is 3.31. The van der Waals surface area contributed by atoms with E-state index in [0.29, 0.717) is 0 Å². The first-order valence-corrected chi connectivity index (χ1v) is 6.26. The lowest BCUT2D eigenvalue weighted by molar-refractivity contribution is 0.911. The van der Waals surface area contributed by atoms with Gasteiger partial charge < -0.3 is 5.73 Å². The maximum atomic E-state index is 5.50. The Hall–Kier alpha value is -1.08. The summed E-state index contributed by atoms with van der Waals surface area (Å²) in [5.74, 6) is 0. The quantitative estimate of drug-likeness (QED) is 0.768. The van der Waals surface area contributed by atoms with E-state index in [1.165, 1.54) is 30.4 Å². The first-order chi connectivity index (χ1) is 7.79. The summed E-state index contributed by atoms with van der Waals surface area (Å²) in [5, 5.41) is 0. The Morgan fingerprint density at radius 2 is 2.12 bits per heavy atom. The molecule has 0 fully saturated rings. The standard InChI is InChI=1S/C15H21N/c1-12(4-3-9-16)10-13-7-8-14-5-2-6-15(14)11-13/h4,7-8,11H,2-3,5-6,9-10,16H2,1H3. The third kappa shape index (κ3) is 2.73. The monoisotopic (exact) mass is 215 g/mol. The van der Waals surface area contributed by atoms with Gasteiger partial charge in [0.05, 0.1) is 0 Å². The zero-order valence-electron chi connectivity index (χ0n) is 10.1. The minimum absolute atomic E-state index is 0.752. The minimum Gasteiger partial charge on any atom is -0.330 e. The molecule has 1 aromatic rings. The Morgan fingerprint density at radius 1 is 1.31 bits per heavy atom. The molecule has 0 heterocycles. The zero-order chi connectivity index (χ0) is 11.4. The molecule has 1 heteroatoms. The lowest BCUT2D eigenvalue weighted by Crippen LogP contribution is -1.97. The second-order valence-electron chi connectivity index (χ2n) is 4.76. The summed E-state index contributed by atoms with van der Waals surface area (Å²) >= 11 is 0. The Bertz CT molecular complexity index is 390. The number of nitrogens with two attached hydrogens (primary N) is 1. The second kappa shape index (κ2) is 5.31. The molecular weight excluding hydrogens is 194 g/mol. The molecule has 0 spiro atoms. The molecule has 0 unspecified atom stereocenters. The summed E-state index contributed by atoms with van der Waals surface area (Å²) < 4.78 is 0. The highest BCUT2D eigenvalue weighted by Crippen LogP contribution is 2.23. The highest BCUT2D eigenvalue weighted by Gasteiger charge is 2.10. The van der Waals surface area contributed by atoms with Crippen molar-refractivity contribution in [2.75, 3.05) is 6.54 Å². The summed E-state index contributed by atoms with van der Waals surface area (Å²) in [7, 11) is 0. The van der Waals surface area contributed by atoms with Crippen molar-refractivity contribution in [1.82, 2.24) is 0 Å². The fourth-order valence-corrected chi connectivity index (χ4v) is 2.46. The van der Waals surface area contributed by atoms with Gasteiger partial charge in [-0.25, -0.2) is 0 Å². The molecule has 0 amide bonds. The molecule has 0 saturated carbocycles. The Kier molecular flexibility index (Phi) is 3.79. The Labute approximate surface area is 98.4 Å². The highest BCUT2D eigenvalue weighted by atomic mass is 14.5. The fraction of sp³-hybridized carbons (Fsp3) is 0.467. The first-order valence-electron chi connectivity index (χ1n) is 6.26. The molecule has 0 atom stereocenters. The molecule has 1 aliphatic carbocycles. The van der Waals surface area contributed by atoms with E-state index >= 15 is 0 Å². The number of allylic oxidation sites excluding steroid dienone is 1. The van der Waals surface area contributed by atoms with Gasteiger partial charge in [-0.2, -0.15) is 0 Å². The number of rotatable bonds is 4. The van der Waals surface area contributed by atoms with Crippen LogP contribution in [0, 0.1) is 0 Å². The van der Waals surface area contributed by atoms with E-state index in [9.17, 15) is 0 Å². The SMILES string of the molecule is CC(=CCCN)Cc1ccc2c(c1)CCC2. The van der Waals surface area contributed by atoms with Crippen LogP contribution < -0.4 is 5.73 Å². The van der Waals surface area contributed by atoms with Crippen molar-refractivity contribution < 1.29 is 0 Å². The van der Waals surface area contributed by atoms with Crippen LogP contribution >= 0.6 is 0 Å².